The lowest BCUT2D eigenvalue weighted by atomic mass is 10.3. The van der Waals surface area contributed by atoms with Crippen LogP contribution in [0.2, 0.25) is 0 Å². The van der Waals surface area contributed by atoms with E-state index in [2.05, 4.69) is 5.32 Å². The summed E-state index contributed by atoms with van der Waals surface area (Å²) in [6.45, 7) is 0.970. The van der Waals surface area contributed by atoms with Crippen LogP contribution in [0.25, 0.3) is 0 Å². The van der Waals surface area contributed by atoms with Gasteiger partial charge in [0.2, 0.25) is 5.91 Å². The minimum atomic E-state index is 0.138. The summed E-state index contributed by atoms with van der Waals surface area (Å²) in [6, 6.07) is 0. The molecular weight excluding hydrogens is 118 g/mol. The molecule has 3 nitrogen and oxygen atoms in total. The van der Waals surface area contributed by atoms with Crippen molar-refractivity contribution in [3.63, 3.8) is 0 Å². The Kier molecular flexibility index (Phi) is 0.858. The molecule has 2 rings (SSSR count). The number of hydrogen-bond donors (Lipinski definition) is 2. The number of amides is 1. The number of piperidine rings is 1. The highest BCUT2D eigenvalue weighted by atomic mass is 16.3. The summed E-state index contributed by atoms with van der Waals surface area (Å²) in [4.78, 5) is 10.8. The fourth-order valence-corrected chi connectivity index (χ4v) is 1.70. The maximum atomic E-state index is 10.8. The molecular formula is C6H9NO2. The van der Waals surface area contributed by atoms with Crippen LogP contribution in [-0.2, 0) is 4.79 Å². The SMILES string of the molecule is O=C1NCC2C(CO)C12. The Bertz CT molecular complexity index is 153. The number of carbonyl (C=O) groups is 1. The fourth-order valence-electron chi connectivity index (χ4n) is 1.70. The first-order valence-corrected chi connectivity index (χ1v) is 3.23. The van der Waals surface area contributed by atoms with Gasteiger partial charge in [0.05, 0.1) is 0 Å². The Morgan fingerprint density at radius 2 is 2.56 bits per heavy atom. The first-order valence-electron chi connectivity index (χ1n) is 3.23. The average molecular weight is 127 g/mol. The van der Waals surface area contributed by atoms with E-state index in [-0.39, 0.29) is 18.4 Å². The Balaban J connectivity index is 2.06. The number of aliphatic hydroxyl groups excluding tert-OH is 1. The monoisotopic (exact) mass is 127 g/mol. The summed E-state index contributed by atoms with van der Waals surface area (Å²) >= 11 is 0. The van der Waals surface area contributed by atoms with E-state index < -0.39 is 0 Å². The van der Waals surface area contributed by atoms with Gasteiger partial charge in [0.1, 0.15) is 0 Å². The molecule has 0 radical (unpaired) electrons. The summed E-state index contributed by atoms with van der Waals surface area (Å²) in [5.41, 5.74) is 0. The topological polar surface area (TPSA) is 49.3 Å². The number of nitrogens with one attached hydrogen (secondary N) is 1. The molecule has 3 atom stereocenters. The minimum Gasteiger partial charge on any atom is -0.396 e. The Hall–Kier alpha value is -0.570. The lowest BCUT2D eigenvalue weighted by molar-refractivity contribution is -0.121. The van der Waals surface area contributed by atoms with Gasteiger partial charge in [-0.2, -0.15) is 0 Å². The van der Waals surface area contributed by atoms with Gasteiger partial charge in [-0.15, -0.1) is 0 Å². The van der Waals surface area contributed by atoms with Crippen molar-refractivity contribution in [2.75, 3.05) is 13.2 Å². The van der Waals surface area contributed by atoms with Gasteiger partial charge in [-0.05, 0) is 11.8 Å². The van der Waals surface area contributed by atoms with E-state index in [1.54, 1.807) is 0 Å². The molecule has 2 N–H and O–H groups in total. The van der Waals surface area contributed by atoms with Gasteiger partial charge in [0, 0.05) is 19.1 Å². The third kappa shape index (κ3) is 0.525. The van der Waals surface area contributed by atoms with Crippen LogP contribution in [0, 0.1) is 17.8 Å². The van der Waals surface area contributed by atoms with E-state index in [0.717, 1.165) is 6.54 Å². The predicted octanol–water partition coefficient (Wildman–Crippen LogP) is -1.03. The van der Waals surface area contributed by atoms with Crippen LogP contribution in [0.5, 0.6) is 0 Å². The molecule has 0 spiro atoms. The van der Waals surface area contributed by atoms with Crippen molar-refractivity contribution < 1.29 is 9.90 Å². The quantitative estimate of drug-likeness (QED) is 0.473. The van der Waals surface area contributed by atoms with Gasteiger partial charge in [-0.25, -0.2) is 0 Å². The van der Waals surface area contributed by atoms with Crippen molar-refractivity contribution in [2.45, 2.75) is 0 Å². The zero-order chi connectivity index (χ0) is 6.43. The second kappa shape index (κ2) is 1.48. The summed E-state index contributed by atoms with van der Waals surface area (Å²) in [5.74, 6) is 1.05. The molecule has 9 heavy (non-hydrogen) atoms. The molecule has 1 heterocycles. The molecule has 3 heteroatoms. The molecule has 3 unspecified atom stereocenters. The summed E-state index contributed by atoms with van der Waals surface area (Å²) < 4.78 is 0. The van der Waals surface area contributed by atoms with Gasteiger partial charge in [-0.1, -0.05) is 0 Å². The molecule has 1 saturated carbocycles. The van der Waals surface area contributed by atoms with Crippen LogP contribution in [0.4, 0.5) is 0 Å². The summed E-state index contributed by atoms with van der Waals surface area (Å²) in [5, 5.41) is 11.4. The molecule has 1 aliphatic carbocycles. The summed E-state index contributed by atoms with van der Waals surface area (Å²) in [7, 11) is 0. The van der Waals surface area contributed by atoms with Crippen LogP contribution in [0.15, 0.2) is 0 Å². The smallest absolute Gasteiger partial charge is 0.223 e. The van der Waals surface area contributed by atoms with Crippen LogP contribution in [-0.4, -0.2) is 24.2 Å². The number of aliphatic hydroxyl groups is 1. The second-order valence-corrected chi connectivity index (χ2v) is 2.78. The molecule has 0 bridgehead atoms. The molecule has 1 aliphatic heterocycles. The number of hydrogen-bond acceptors (Lipinski definition) is 2. The molecule has 2 aliphatic rings. The minimum absolute atomic E-state index is 0.138. The number of fused-ring (bicyclic) bond motifs is 1. The molecule has 1 saturated heterocycles. The van der Waals surface area contributed by atoms with Gasteiger partial charge in [-0.3, -0.25) is 4.79 Å². The molecule has 0 aromatic carbocycles. The van der Waals surface area contributed by atoms with E-state index in [9.17, 15) is 4.79 Å². The second-order valence-electron chi connectivity index (χ2n) is 2.78. The molecule has 0 aromatic rings. The van der Waals surface area contributed by atoms with Crippen LogP contribution in [0.3, 0.4) is 0 Å². The Labute approximate surface area is 53.1 Å². The van der Waals surface area contributed by atoms with Crippen molar-refractivity contribution in [3.05, 3.63) is 0 Å². The van der Waals surface area contributed by atoms with Crippen LogP contribution < -0.4 is 5.32 Å². The van der Waals surface area contributed by atoms with Crippen LogP contribution >= 0.6 is 0 Å². The van der Waals surface area contributed by atoms with Gasteiger partial charge in [0.25, 0.3) is 0 Å². The van der Waals surface area contributed by atoms with Gasteiger partial charge in [0.15, 0.2) is 0 Å². The zero-order valence-electron chi connectivity index (χ0n) is 5.00. The van der Waals surface area contributed by atoms with Gasteiger partial charge >= 0.3 is 0 Å². The first kappa shape index (κ1) is 5.23. The van der Waals surface area contributed by atoms with Crippen molar-refractivity contribution in [1.29, 1.82) is 0 Å². The maximum absolute atomic E-state index is 10.8. The predicted molar refractivity (Wildman–Crippen MR) is 30.6 cm³/mol. The van der Waals surface area contributed by atoms with E-state index in [1.165, 1.54) is 0 Å². The highest BCUT2D eigenvalue weighted by Crippen LogP contribution is 2.48. The summed E-state index contributed by atoms with van der Waals surface area (Å²) in [6.07, 6.45) is 0. The van der Waals surface area contributed by atoms with Crippen molar-refractivity contribution >= 4 is 5.91 Å². The number of rotatable bonds is 1. The van der Waals surface area contributed by atoms with Crippen LogP contribution in [0.1, 0.15) is 0 Å². The largest absolute Gasteiger partial charge is 0.396 e. The third-order valence-corrected chi connectivity index (χ3v) is 2.36. The van der Waals surface area contributed by atoms with Crippen molar-refractivity contribution in [3.8, 4) is 0 Å². The average Bonchev–Trinajstić information content (AvgIpc) is 2.46. The highest BCUT2D eigenvalue weighted by Gasteiger charge is 2.57. The molecule has 50 valence electrons. The molecule has 0 aromatic heterocycles. The Morgan fingerprint density at radius 1 is 1.78 bits per heavy atom. The molecule has 1 amide bonds. The standard InChI is InChI=1S/C6H9NO2/c8-2-4-3-1-7-6(9)5(3)4/h3-5,8H,1-2H2,(H,7,9). The van der Waals surface area contributed by atoms with E-state index >= 15 is 0 Å². The lowest BCUT2D eigenvalue weighted by Gasteiger charge is -1.97. The fraction of sp³-hybridized carbons (Fsp3) is 0.833. The normalized spacial score (nSPS) is 46.3. The highest BCUT2D eigenvalue weighted by molar-refractivity contribution is 5.85. The molecule has 2 fully saturated rings. The van der Waals surface area contributed by atoms with E-state index in [0.29, 0.717) is 11.8 Å². The Morgan fingerprint density at radius 3 is 2.89 bits per heavy atom. The van der Waals surface area contributed by atoms with Crippen molar-refractivity contribution in [2.24, 2.45) is 17.8 Å². The number of carbonyl (C=O) groups excluding carboxylic acids is 1. The maximum Gasteiger partial charge on any atom is 0.223 e. The first-order chi connectivity index (χ1) is 4.34. The third-order valence-electron chi connectivity index (χ3n) is 2.36. The van der Waals surface area contributed by atoms with E-state index in [4.69, 9.17) is 5.11 Å². The van der Waals surface area contributed by atoms with E-state index in [1.807, 2.05) is 0 Å². The zero-order valence-corrected chi connectivity index (χ0v) is 5.00. The van der Waals surface area contributed by atoms with Gasteiger partial charge < -0.3 is 10.4 Å². The lowest BCUT2D eigenvalue weighted by Crippen LogP contribution is -2.22. The van der Waals surface area contributed by atoms with Crippen molar-refractivity contribution in [1.82, 2.24) is 5.32 Å².